The van der Waals surface area contributed by atoms with Crippen molar-refractivity contribution in [2.24, 2.45) is 0 Å². The Labute approximate surface area is 317 Å². The molecule has 256 valence electrons. The van der Waals surface area contributed by atoms with Crippen molar-refractivity contribution in [3.8, 4) is 22.3 Å². The quantitative estimate of drug-likeness (QED) is 0.130. The van der Waals surface area contributed by atoms with Crippen molar-refractivity contribution in [1.82, 2.24) is 0 Å². The molecule has 1 nitrogen and oxygen atoms in total. The van der Waals surface area contributed by atoms with E-state index in [9.17, 15) is 0 Å². The molecule has 0 unspecified atom stereocenters. The monoisotopic (exact) mass is 705 g/mol. The second kappa shape index (κ2) is 11.4. The third-order valence-corrected chi connectivity index (χ3v) is 14.3. The zero-order valence-electron chi connectivity index (χ0n) is 30.8. The van der Waals surface area contributed by atoms with Crippen molar-refractivity contribution >= 4 is 62.6 Å². The third-order valence-electron chi connectivity index (χ3n) is 12.2. The van der Waals surface area contributed by atoms with Crippen molar-refractivity contribution in [2.75, 3.05) is 4.90 Å². The van der Waals surface area contributed by atoms with Gasteiger partial charge in [0, 0.05) is 17.1 Å². The van der Waals surface area contributed by atoms with Gasteiger partial charge in [0.1, 0.15) is 0 Å². The summed E-state index contributed by atoms with van der Waals surface area (Å²) < 4.78 is 0. The second-order valence-corrected chi connectivity index (χ2v) is 21.1. The molecule has 9 aromatic carbocycles. The molecule has 0 N–H and O–H groups in total. The molecule has 11 rings (SSSR count). The lowest BCUT2D eigenvalue weighted by molar-refractivity contribution is 0.793. The van der Waals surface area contributed by atoms with Gasteiger partial charge >= 0.3 is 0 Å². The Bertz CT molecular complexity index is 2890. The average molecular weight is 706 g/mol. The summed E-state index contributed by atoms with van der Waals surface area (Å²) >= 11 is 0. The molecule has 0 amide bonds. The maximum absolute atomic E-state index is 2.50. The smallest absolute Gasteiger partial charge is 0.0775 e. The first-order chi connectivity index (χ1) is 26.4. The van der Waals surface area contributed by atoms with Gasteiger partial charge in [-0.15, -0.1) is 0 Å². The van der Waals surface area contributed by atoms with Crippen LogP contribution >= 0.6 is 0 Å². The summed E-state index contributed by atoms with van der Waals surface area (Å²) in [7, 11) is -1.50. The van der Waals surface area contributed by atoms with Gasteiger partial charge in [-0.2, -0.15) is 0 Å². The van der Waals surface area contributed by atoms with E-state index in [4.69, 9.17) is 0 Å². The molecule has 0 atom stereocenters. The summed E-state index contributed by atoms with van der Waals surface area (Å²) in [4.78, 5) is 2.49. The van der Waals surface area contributed by atoms with Gasteiger partial charge in [-0.3, -0.25) is 0 Å². The molecule has 1 spiro atoms. The molecule has 9 aromatic rings. The minimum absolute atomic E-state index is 0.402. The zero-order chi connectivity index (χ0) is 36.2. The molecular weight excluding hydrogens is 667 g/mol. The zero-order valence-corrected chi connectivity index (χ0v) is 31.8. The summed E-state index contributed by atoms with van der Waals surface area (Å²) in [6.07, 6.45) is 0. The highest BCUT2D eigenvalue weighted by Gasteiger charge is 2.51. The highest BCUT2D eigenvalue weighted by atomic mass is 28.3. The number of hydrogen-bond donors (Lipinski definition) is 0. The Morgan fingerprint density at radius 3 is 1.24 bits per heavy atom. The van der Waals surface area contributed by atoms with Crippen molar-refractivity contribution in [1.29, 1.82) is 0 Å². The summed E-state index contributed by atoms with van der Waals surface area (Å²) in [5, 5.41) is 9.18. The Morgan fingerprint density at radius 2 is 0.722 bits per heavy atom. The first-order valence-corrected chi connectivity index (χ1v) is 22.6. The van der Waals surface area contributed by atoms with Crippen LogP contribution in [-0.2, 0) is 5.41 Å². The molecule has 2 heteroatoms. The fourth-order valence-corrected chi connectivity index (χ4v) is 11.0. The van der Waals surface area contributed by atoms with Crippen LogP contribution in [0, 0.1) is 0 Å². The molecule has 0 heterocycles. The number of anilines is 3. The van der Waals surface area contributed by atoms with Gasteiger partial charge in [0.05, 0.1) is 13.5 Å². The Balaban J connectivity index is 1.20. The van der Waals surface area contributed by atoms with Gasteiger partial charge in [-0.25, -0.2) is 0 Å². The van der Waals surface area contributed by atoms with Crippen molar-refractivity contribution < 1.29 is 0 Å². The van der Waals surface area contributed by atoms with Crippen molar-refractivity contribution in [3.63, 3.8) is 0 Å². The number of fused-ring (bicyclic) bond motifs is 16. The summed E-state index contributed by atoms with van der Waals surface area (Å²) in [5.41, 5.74) is 13.8. The molecule has 2 aliphatic carbocycles. The summed E-state index contributed by atoms with van der Waals surface area (Å²) in [5.74, 6) is 0. The number of nitrogens with zero attached hydrogens (tertiary/aromatic N) is 1. The topological polar surface area (TPSA) is 3.24 Å². The Morgan fingerprint density at radius 1 is 0.333 bits per heavy atom. The van der Waals surface area contributed by atoms with E-state index >= 15 is 0 Å². The van der Waals surface area contributed by atoms with Crippen molar-refractivity contribution in [3.05, 3.63) is 204 Å². The van der Waals surface area contributed by atoms with Crippen LogP contribution < -0.4 is 10.1 Å². The van der Waals surface area contributed by atoms with Crippen LogP contribution in [-0.4, -0.2) is 8.07 Å². The molecule has 0 radical (unpaired) electrons. The van der Waals surface area contributed by atoms with E-state index in [1.807, 2.05) is 0 Å². The highest BCUT2D eigenvalue weighted by molar-refractivity contribution is 6.88. The Hall–Kier alpha value is -6.22. The maximum atomic E-state index is 2.50. The molecule has 54 heavy (non-hydrogen) atoms. The lowest BCUT2D eigenvalue weighted by Crippen LogP contribution is -2.37. The van der Waals surface area contributed by atoms with Crippen molar-refractivity contribution in [2.45, 2.75) is 25.1 Å². The van der Waals surface area contributed by atoms with E-state index in [1.165, 1.54) is 82.0 Å². The van der Waals surface area contributed by atoms with E-state index in [1.54, 1.807) is 0 Å². The molecule has 2 aliphatic rings. The largest absolute Gasteiger partial charge is 0.310 e. The Kier molecular flexibility index (Phi) is 6.60. The van der Waals surface area contributed by atoms with Gasteiger partial charge in [-0.1, -0.05) is 170 Å². The van der Waals surface area contributed by atoms with Crippen LogP contribution in [0.15, 0.2) is 182 Å². The molecular formula is C52H39NSi. The molecule has 0 aromatic heterocycles. The molecule has 0 bridgehead atoms. The van der Waals surface area contributed by atoms with E-state index in [2.05, 4.69) is 207 Å². The standard InChI is InChI=1S/C52H39NSi/c1-54(2,3)37-28-24-34(25-29-37)53(35-26-30-42-40-16-5-4-14-38(40)39-15-6-7-17-41(39)47(42)32-35)36-27-31-46-45-20-10-13-23-50(45)52(51(46)33-36)48-21-11-8-18-43(48)44-19-9-12-22-49(44)52/h4-33H,1-3H3. The van der Waals surface area contributed by atoms with Gasteiger partial charge in [0.15, 0.2) is 0 Å². The number of benzene rings is 9. The summed E-state index contributed by atoms with van der Waals surface area (Å²) in [6.45, 7) is 7.27. The van der Waals surface area contributed by atoms with Crippen LogP contribution in [0.1, 0.15) is 22.3 Å². The van der Waals surface area contributed by atoms with Crippen LogP contribution in [0.5, 0.6) is 0 Å². The minimum Gasteiger partial charge on any atom is -0.310 e. The normalized spacial score (nSPS) is 13.6. The van der Waals surface area contributed by atoms with Gasteiger partial charge in [-0.05, 0) is 113 Å². The number of hydrogen-bond acceptors (Lipinski definition) is 1. The lowest BCUT2D eigenvalue weighted by atomic mass is 9.70. The fraction of sp³-hybridized carbons (Fsp3) is 0.0769. The molecule has 0 saturated carbocycles. The van der Waals surface area contributed by atoms with Crippen LogP contribution in [0.3, 0.4) is 0 Å². The number of rotatable bonds is 4. The highest BCUT2D eigenvalue weighted by Crippen LogP contribution is 2.63. The van der Waals surface area contributed by atoms with Gasteiger partial charge in [0.2, 0.25) is 0 Å². The first kappa shape index (κ1) is 31.3. The van der Waals surface area contributed by atoms with E-state index in [-0.39, 0.29) is 0 Å². The van der Waals surface area contributed by atoms with E-state index in [0.717, 1.165) is 17.1 Å². The van der Waals surface area contributed by atoms with E-state index < -0.39 is 13.5 Å². The SMILES string of the molecule is C[Si](C)(C)c1ccc(N(c2ccc3c(c2)C2(c4ccccc4-c4ccccc42)c2ccccc2-3)c2ccc3c4ccccc4c4ccccc4c3c2)cc1. The predicted octanol–water partition coefficient (Wildman–Crippen LogP) is 13.5. The lowest BCUT2D eigenvalue weighted by Gasteiger charge is -2.32. The average Bonchev–Trinajstić information content (AvgIpc) is 3.68. The fourth-order valence-electron chi connectivity index (χ4n) is 9.81. The maximum Gasteiger partial charge on any atom is 0.0775 e. The second-order valence-electron chi connectivity index (χ2n) is 16.1. The van der Waals surface area contributed by atoms with Gasteiger partial charge in [0.25, 0.3) is 0 Å². The molecule has 0 saturated heterocycles. The van der Waals surface area contributed by atoms with Crippen LogP contribution in [0.4, 0.5) is 17.1 Å². The minimum atomic E-state index is -1.50. The first-order valence-electron chi connectivity index (χ1n) is 19.1. The predicted molar refractivity (Wildman–Crippen MR) is 233 cm³/mol. The van der Waals surface area contributed by atoms with Gasteiger partial charge < -0.3 is 4.90 Å². The molecule has 0 aliphatic heterocycles. The van der Waals surface area contributed by atoms with Crippen LogP contribution in [0.25, 0.3) is 54.6 Å². The summed E-state index contributed by atoms with van der Waals surface area (Å²) in [6, 6.07) is 68.7. The molecule has 0 fully saturated rings. The van der Waals surface area contributed by atoms with E-state index in [0.29, 0.717) is 0 Å². The van der Waals surface area contributed by atoms with Crippen LogP contribution in [0.2, 0.25) is 19.6 Å². The third kappa shape index (κ3) is 4.26.